The molecular formula is C25H27N7O4S3. The summed E-state index contributed by atoms with van der Waals surface area (Å²) < 4.78 is 27.5. The van der Waals surface area contributed by atoms with Crippen LogP contribution in [0, 0.1) is 13.8 Å². The van der Waals surface area contributed by atoms with Gasteiger partial charge in [-0.15, -0.1) is 21.5 Å². The third kappa shape index (κ3) is 6.71. The molecule has 4 rings (SSSR count). The summed E-state index contributed by atoms with van der Waals surface area (Å²) in [5, 5.41) is 17.0. The second-order valence-electron chi connectivity index (χ2n) is 8.69. The average molecular weight is 586 g/mol. The Balaban J connectivity index is 1.53. The SMILES string of the molecule is Cc1ccc(C)c(-n2c(CNC(=O)c3ccc(S(=O)(=O)N(C)C)cc3)nnc2SCC(=O)Nc2nccs2)c1. The molecule has 0 saturated heterocycles. The zero-order valence-electron chi connectivity index (χ0n) is 21.7. The van der Waals surface area contributed by atoms with E-state index in [-0.39, 0.29) is 23.1 Å². The van der Waals surface area contributed by atoms with Crippen molar-refractivity contribution in [2.75, 3.05) is 25.2 Å². The van der Waals surface area contributed by atoms with Gasteiger partial charge in [-0.05, 0) is 55.3 Å². The van der Waals surface area contributed by atoms with Crippen molar-refractivity contribution in [3.63, 3.8) is 0 Å². The number of aromatic nitrogens is 4. The summed E-state index contributed by atoms with van der Waals surface area (Å²) in [4.78, 5) is 29.5. The number of rotatable bonds is 10. The van der Waals surface area contributed by atoms with Crippen LogP contribution in [-0.4, -0.2) is 64.1 Å². The van der Waals surface area contributed by atoms with Gasteiger partial charge in [0, 0.05) is 31.2 Å². The van der Waals surface area contributed by atoms with E-state index in [0.717, 1.165) is 21.1 Å². The minimum atomic E-state index is -3.60. The van der Waals surface area contributed by atoms with E-state index in [1.54, 1.807) is 11.6 Å². The molecule has 2 aromatic heterocycles. The van der Waals surface area contributed by atoms with Crippen molar-refractivity contribution < 1.29 is 18.0 Å². The molecule has 204 valence electrons. The van der Waals surface area contributed by atoms with Crippen LogP contribution in [0.25, 0.3) is 5.69 Å². The number of hydrogen-bond acceptors (Lipinski definition) is 9. The fourth-order valence-corrected chi connectivity index (χ4v) is 5.74. The monoisotopic (exact) mass is 585 g/mol. The molecule has 2 N–H and O–H groups in total. The lowest BCUT2D eigenvalue weighted by Crippen LogP contribution is -2.25. The van der Waals surface area contributed by atoms with E-state index in [9.17, 15) is 18.0 Å². The minimum Gasteiger partial charge on any atom is -0.345 e. The van der Waals surface area contributed by atoms with Crippen LogP contribution >= 0.6 is 23.1 Å². The molecule has 0 saturated carbocycles. The number of aryl methyl sites for hydroxylation is 2. The van der Waals surface area contributed by atoms with Crippen molar-refractivity contribution in [2.45, 2.75) is 30.4 Å². The molecule has 14 heteroatoms. The third-order valence-corrected chi connectivity index (χ3v) is 9.07. The smallest absolute Gasteiger partial charge is 0.251 e. The fourth-order valence-electron chi connectivity index (χ4n) is 3.53. The summed E-state index contributed by atoms with van der Waals surface area (Å²) in [6.07, 6.45) is 1.62. The summed E-state index contributed by atoms with van der Waals surface area (Å²) in [7, 11) is -0.703. The normalized spacial score (nSPS) is 11.5. The largest absolute Gasteiger partial charge is 0.345 e. The van der Waals surface area contributed by atoms with Crippen molar-refractivity contribution in [3.05, 3.63) is 76.6 Å². The molecule has 0 fully saturated rings. The second-order valence-corrected chi connectivity index (χ2v) is 12.7. The Morgan fingerprint density at radius 2 is 1.82 bits per heavy atom. The molecule has 0 spiro atoms. The van der Waals surface area contributed by atoms with Gasteiger partial charge in [-0.2, -0.15) is 0 Å². The van der Waals surface area contributed by atoms with Gasteiger partial charge in [-0.1, -0.05) is 23.9 Å². The molecular weight excluding hydrogens is 559 g/mol. The lowest BCUT2D eigenvalue weighted by atomic mass is 10.1. The molecule has 0 aliphatic heterocycles. The van der Waals surface area contributed by atoms with Gasteiger partial charge in [0.05, 0.1) is 22.9 Å². The standard InChI is InChI=1S/C25H27N7O4S3/c1-16-5-6-17(2)20(13-16)32-21(29-30-25(32)38-15-22(33)28-24-26-11-12-37-24)14-27-23(34)18-7-9-19(10-8-18)39(35,36)31(3)4/h5-13H,14-15H2,1-4H3,(H,27,34)(H,26,28,33). The number of hydrogen-bond donors (Lipinski definition) is 2. The predicted octanol–water partition coefficient (Wildman–Crippen LogP) is 3.25. The first kappa shape index (κ1) is 28.4. The van der Waals surface area contributed by atoms with Crippen LogP contribution in [-0.2, 0) is 21.4 Å². The van der Waals surface area contributed by atoms with E-state index < -0.39 is 15.9 Å². The topological polar surface area (TPSA) is 139 Å². The Kier molecular flexibility index (Phi) is 8.80. The Labute approximate surface area is 234 Å². The summed E-state index contributed by atoms with van der Waals surface area (Å²) in [6.45, 7) is 4.00. The van der Waals surface area contributed by atoms with Crippen molar-refractivity contribution in [2.24, 2.45) is 0 Å². The van der Waals surface area contributed by atoms with Gasteiger partial charge in [-0.3, -0.25) is 14.2 Å². The molecule has 39 heavy (non-hydrogen) atoms. The maximum Gasteiger partial charge on any atom is 0.251 e. The highest BCUT2D eigenvalue weighted by atomic mass is 32.2. The van der Waals surface area contributed by atoms with Crippen LogP contribution in [0.2, 0.25) is 0 Å². The third-order valence-electron chi connectivity index (χ3n) is 5.62. The van der Waals surface area contributed by atoms with Crippen molar-refractivity contribution >= 4 is 50.1 Å². The van der Waals surface area contributed by atoms with E-state index >= 15 is 0 Å². The van der Waals surface area contributed by atoms with Gasteiger partial charge < -0.3 is 10.6 Å². The summed E-state index contributed by atoms with van der Waals surface area (Å²) in [6, 6.07) is 11.7. The molecule has 2 aromatic carbocycles. The summed E-state index contributed by atoms with van der Waals surface area (Å²) in [5.41, 5.74) is 3.15. The first-order chi connectivity index (χ1) is 18.6. The number of thioether (sulfide) groups is 1. The Bertz CT molecular complexity index is 1580. The number of benzene rings is 2. The zero-order chi connectivity index (χ0) is 28.2. The van der Waals surface area contributed by atoms with E-state index in [0.29, 0.717) is 21.7 Å². The number of thiazole rings is 1. The number of carbonyl (C=O) groups is 2. The molecule has 0 aliphatic rings. The maximum atomic E-state index is 12.9. The second kappa shape index (κ2) is 12.1. The van der Waals surface area contributed by atoms with Crippen LogP contribution in [0.5, 0.6) is 0 Å². The van der Waals surface area contributed by atoms with Crippen LogP contribution in [0.4, 0.5) is 5.13 Å². The van der Waals surface area contributed by atoms with Crippen molar-refractivity contribution in [1.29, 1.82) is 0 Å². The minimum absolute atomic E-state index is 0.0584. The lowest BCUT2D eigenvalue weighted by Gasteiger charge is -2.14. The molecule has 2 amide bonds. The highest BCUT2D eigenvalue weighted by Crippen LogP contribution is 2.26. The van der Waals surface area contributed by atoms with E-state index in [1.165, 1.54) is 61.5 Å². The maximum absolute atomic E-state index is 12.9. The van der Waals surface area contributed by atoms with Crippen LogP contribution < -0.4 is 10.6 Å². The average Bonchev–Trinajstić information content (AvgIpc) is 3.57. The number of carbonyl (C=O) groups excluding carboxylic acids is 2. The number of nitrogens with one attached hydrogen (secondary N) is 2. The zero-order valence-corrected chi connectivity index (χ0v) is 24.2. The Morgan fingerprint density at radius 1 is 1.08 bits per heavy atom. The molecule has 0 unspecified atom stereocenters. The van der Waals surface area contributed by atoms with E-state index in [4.69, 9.17) is 0 Å². The number of nitrogens with zero attached hydrogens (tertiary/aromatic N) is 5. The van der Waals surface area contributed by atoms with Crippen molar-refractivity contribution in [1.82, 2.24) is 29.4 Å². The van der Waals surface area contributed by atoms with Crippen molar-refractivity contribution in [3.8, 4) is 5.69 Å². The predicted molar refractivity (Wildman–Crippen MR) is 151 cm³/mol. The Hall–Kier alpha value is -3.59. The molecule has 4 aromatic rings. The molecule has 11 nitrogen and oxygen atoms in total. The first-order valence-corrected chi connectivity index (χ1v) is 15.0. The van der Waals surface area contributed by atoms with Gasteiger partial charge in [-0.25, -0.2) is 17.7 Å². The highest BCUT2D eigenvalue weighted by molar-refractivity contribution is 7.99. The lowest BCUT2D eigenvalue weighted by molar-refractivity contribution is -0.113. The van der Waals surface area contributed by atoms with Crippen LogP contribution in [0.15, 0.2) is 64.1 Å². The molecule has 0 bridgehead atoms. The molecule has 0 radical (unpaired) electrons. The quantitative estimate of drug-likeness (QED) is 0.271. The van der Waals surface area contributed by atoms with Gasteiger partial charge >= 0.3 is 0 Å². The number of anilines is 1. The summed E-state index contributed by atoms with van der Waals surface area (Å²) in [5.74, 6) is -0.0417. The molecule has 2 heterocycles. The van der Waals surface area contributed by atoms with Gasteiger partial charge in [0.15, 0.2) is 16.1 Å². The van der Waals surface area contributed by atoms with Gasteiger partial charge in [0.2, 0.25) is 15.9 Å². The summed E-state index contributed by atoms with van der Waals surface area (Å²) >= 11 is 2.56. The highest BCUT2D eigenvalue weighted by Gasteiger charge is 2.20. The number of sulfonamides is 1. The van der Waals surface area contributed by atoms with E-state index in [2.05, 4.69) is 25.8 Å². The van der Waals surface area contributed by atoms with Gasteiger partial charge in [0.1, 0.15) is 0 Å². The van der Waals surface area contributed by atoms with Gasteiger partial charge in [0.25, 0.3) is 5.91 Å². The van der Waals surface area contributed by atoms with E-state index in [1.807, 2.05) is 36.6 Å². The fraction of sp³-hybridized carbons (Fsp3) is 0.240. The number of amides is 2. The molecule has 0 aliphatic carbocycles. The van der Waals surface area contributed by atoms with Crippen LogP contribution in [0.1, 0.15) is 27.3 Å². The first-order valence-electron chi connectivity index (χ1n) is 11.7. The molecule has 0 atom stereocenters. The van der Waals surface area contributed by atoms with Crippen LogP contribution in [0.3, 0.4) is 0 Å². The Morgan fingerprint density at radius 3 is 2.49 bits per heavy atom.